The van der Waals surface area contributed by atoms with Crippen molar-refractivity contribution in [3.05, 3.63) is 66.2 Å². The summed E-state index contributed by atoms with van der Waals surface area (Å²) in [6, 6.07) is 11.2. The van der Waals surface area contributed by atoms with Crippen molar-refractivity contribution in [2.75, 3.05) is 11.9 Å². The van der Waals surface area contributed by atoms with Gasteiger partial charge < -0.3 is 14.6 Å². The zero-order valence-electron chi connectivity index (χ0n) is 14.4. The molecule has 0 unspecified atom stereocenters. The SMILES string of the molecule is CCOc1ccccc1C(=O)Nc1cc(F)ccc1Sc1nccn1C. The minimum absolute atomic E-state index is 0.360. The van der Waals surface area contributed by atoms with Gasteiger partial charge in [0, 0.05) is 24.3 Å². The zero-order valence-corrected chi connectivity index (χ0v) is 15.2. The number of anilines is 1. The van der Waals surface area contributed by atoms with Crippen LogP contribution in [0.15, 0.2) is 64.9 Å². The Balaban J connectivity index is 1.88. The summed E-state index contributed by atoms with van der Waals surface area (Å²) in [4.78, 5) is 17.6. The number of aromatic nitrogens is 2. The fourth-order valence-electron chi connectivity index (χ4n) is 2.36. The minimum Gasteiger partial charge on any atom is -0.493 e. The van der Waals surface area contributed by atoms with Gasteiger partial charge in [-0.05, 0) is 49.0 Å². The molecule has 1 amide bonds. The molecule has 0 aliphatic heterocycles. The Labute approximate surface area is 155 Å². The van der Waals surface area contributed by atoms with Gasteiger partial charge in [-0.3, -0.25) is 4.79 Å². The lowest BCUT2D eigenvalue weighted by atomic mass is 10.2. The number of nitrogens with one attached hydrogen (secondary N) is 1. The van der Waals surface area contributed by atoms with Crippen LogP contribution in [-0.4, -0.2) is 22.1 Å². The van der Waals surface area contributed by atoms with E-state index in [0.717, 1.165) is 5.16 Å². The monoisotopic (exact) mass is 371 g/mol. The molecule has 0 fully saturated rings. The number of hydrogen-bond acceptors (Lipinski definition) is 4. The van der Waals surface area contributed by atoms with Crippen LogP contribution in [0, 0.1) is 5.82 Å². The maximum atomic E-state index is 13.8. The highest BCUT2D eigenvalue weighted by atomic mass is 32.2. The highest BCUT2D eigenvalue weighted by Crippen LogP contribution is 2.33. The van der Waals surface area contributed by atoms with Crippen LogP contribution in [-0.2, 0) is 7.05 Å². The van der Waals surface area contributed by atoms with Crippen LogP contribution in [0.1, 0.15) is 17.3 Å². The van der Waals surface area contributed by atoms with Crippen molar-refractivity contribution in [3.63, 3.8) is 0 Å². The predicted molar refractivity (Wildman–Crippen MR) is 99.3 cm³/mol. The molecule has 26 heavy (non-hydrogen) atoms. The smallest absolute Gasteiger partial charge is 0.259 e. The van der Waals surface area contributed by atoms with Crippen LogP contribution >= 0.6 is 11.8 Å². The van der Waals surface area contributed by atoms with Crippen molar-refractivity contribution >= 4 is 23.4 Å². The lowest BCUT2D eigenvalue weighted by Crippen LogP contribution is -2.14. The van der Waals surface area contributed by atoms with Crippen molar-refractivity contribution in [1.82, 2.24) is 9.55 Å². The molecule has 0 saturated heterocycles. The summed E-state index contributed by atoms with van der Waals surface area (Å²) in [7, 11) is 1.87. The van der Waals surface area contributed by atoms with Crippen molar-refractivity contribution in [1.29, 1.82) is 0 Å². The summed E-state index contributed by atoms with van der Waals surface area (Å²) in [5, 5.41) is 3.52. The van der Waals surface area contributed by atoms with Crippen molar-refractivity contribution < 1.29 is 13.9 Å². The maximum Gasteiger partial charge on any atom is 0.259 e. The van der Waals surface area contributed by atoms with Crippen LogP contribution < -0.4 is 10.1 Å². The van der Waals surface area contributed by atoms with Gasteiger partial charge in [0.1, 0.15) is 11.6 Å². The first-order valence-corrected chi connectivity index (χ1v) is 8.88. The average Bonchev–Trinajstić information content (AvgIpc) is 3.03. The Morgan fingerprint density at radius 2 is 2.12 bits per heavy atom. The van der Waals surface area contributed by atoms with E-state index in [1.807, 2.05) is 24.7 Å². The summed E-state index contributed by atoms with van der Waals surface area (Å²) in [6.45, 7) is 2.30. The molecular formula is C19H18FN3O2S. The summed E-state index contributed by atoms with van der Waals surface area (Å²) >= 11 is 1.35. The minimum atomic E-state index is -0.428. The Morgan fingerprint density at radius 1 is 1.31 bits per heavy atom. The second kappa shape index (κ2) is 8.05. The lowest BCUT2D eigenvalue weighted by Gasteiger charge is -2.13. The molecule has 0 radical (unpaired) electrons. The molecule has 3 aromatic rings. The Bertz CT molecular complexity index is 927. The molecule has 5 nitrogen and oxygen atoms in total. The van der Waals surface area contributed by atoms with E-state index in [9.17, 15) is 9.18 Å². The molecule has 3 rings (SSSR count). The summed E-state index contributed by atoms with van der Waals surface area (Å²) in [6.07, 6.45) is 3.50. The van der Waals surface area contributed by atoms with E-state index in [0.29, 0.717) is 28.5 Å². The number of halogens is 1. The number of amides is 1. The molecular weight excluding hydrogens is 353 g/mol. The highest BCUT2D eigenvalue weighted by molar-refractivity contribution is 7.99. The number of carbonyl (C=O) groups excluding carboxylic acids is 1. The number of nitrogens with zero attached hydrogens (tertiary/aromatic N) is 2. The van der Waals surface area contributed by atoms with Gasteiger partial charge in [0.2, 0.25) is 0 Å². The van der Waals surface area contributed by atoms with Crippen LogP contribution in [0.5, 0.6) is 5.75 Å². The molecule has 0 saturated carbocycles. The molecule has 134 valence electrons. The van der Waals surface area contributed by atoms with E-state index in [1.54, 1.807) is 36.5 Å². The van der Waals surface area contributed by atoms with Gasteiger partial charge in [-0.15, -0.1) is 0 Å². The molecule has 1 N–H and O–H groups in total. The quantitative estimate of drug-likeness (QED) is 0.699. The normalized spacial score (nSPS) is 10.6. The van der Waals surface area contributed by atoms with Crippen molar-refractivity contribution in [2.24, 2.45) is 7.05 Å². The summed E-state index contributed by atoms with van der Waals surface area (Å²) < 4.78 is 21.1. The summed E-state index contributed by atoms with van der Waals surface area (Å²) in [5.74, 6) is -0.300. The van der Waals surface area contributed by atoms with Crippen LogP contribution in [0.4, 0.5) is 10.1 Å². The molecule has 0 spiro atoms. The van der Waals surface area contributed by atoms with Crippen molar-refractivity contribution in [3.8, 4) is 5.75 Å². The molecule has 2 aromatic carbocycles. The molecule has 0 atom stereocenters. The number of benzene rings is 2. The number of rotatable bonds is 6. The molecule has 0 aliphatic rings. The summed E-state index contributed by atoms with van der Waals surface area (Å²) in [5.41, 5.74) is 0.779. The fraction of sp³-hybridized carbons (Fsp3) is 0.158. The number of ether oxygens (including phenoxy) is 1. The number of hydrogen-bond donors (Lipinski definition) is 1. The Kier molecular flexibility index (Phi) is 5.58. The molecule has 1 heterocycles. The Hall–Kier alpha value is -2.80. The van der Waals surface area contributed by atoms with Gasteiger partial charge >= 0.3 is 0 Å². The molecule has 1 aromatic heterocycles. The third-order valence-electron chi connectivity index (χ3n) is 3.60. The maximum absolute atomic E-state index is 13.8. The van der Waals surface area contributed by atoms with Gasteiger partial charge in [-0.25, -0.2) is 9.37 Å². The van der Waals surface area contributed by atoms with E-state index < -0.39 is 5.82 Å². The van der Waals surface area contributed by atoms with Crippen molar-refractivity contribution in [2.45, 2.75) is 17.0 Å². The number of para-hydroxylation sites is 1. The number of imidazole rings is 1. The molecule has 7 heteroatoms. The van der Waals surface area contributed by atoms with Gasteiger partial charge in [0.25, 0.3) is 5.91 Å². The molecule has 0 bridgehead atoms. The second-order valence-electron chi connectivity index (χ2n) is 5.45. The van der Waals surface area contributed by atoms with Gasteiger partial charge in [-0.1, -0.05) is 12.1 Å². The van der Waals surface area contributed by atoms with Gasteiger partial charge in [0.15, 0.2) is 5.16 Å². The van der Waals surface area contributed by atoms with Crippen LogP contribution in [0.2, 0.25) is 0 Å². The van der Waals surface area contributed by atoms with Crippen LogP contribution in [0.3, 0.4) is 0 Å². The van der Waals surface area contributed by atoms with E-state index >= 15 is 0 Å². The highest BCUT2D eigenvalue weighted by Gasteiger charge is 2.16. The number of aryl methyl sites for hydroxylation is 1. The molecule has 0 aliphatic carbocycles. The van der Waals surface area contributed by atoms with E-state index in [1.165, 1.54) is 23.9 Å². The van der Waals surface area contributed by atoms with Gasteiger partial charge in [0.05, 0.1) is 17.9 Å². The average molecular weight is 371 g/mol. The predicted octanol–water partition coefficient (Wildman–Crippen LogP) is 4.36. The Morgan fingerprint density at radius 3 is 2.85 bits per heavy atom. The first-order chi connectivity index (χ1) is 12.6. The van der Waals surface area contributed by atoms with E-state index in [-0.39, 0.29) is 5.91 Å². The lowest BCUT2D eigenvalue weighted by molar-refractivity contribution is 0.102. The zero-order chi connectivity index (χ0) is 18.5. The second-order valence-corrected chi connectivity index (χ2v) is 6.46. The van der Waals surface area contributed by atoms with E-state index in [4.69, 9.17) is 4.74 Å². The number of carbonyl (C=O) groups is 1. The first kappa shape index (κ1) is 18.0. The standard InChI is InChI=1S/C19H18FN3O2S/c1-3-25-16-7-5-4-6-14(16)18(24)22-15-12-13(20)8-9-17(15)26-19-21-10-11-23(19)2/h4-12H,3H2,1-2H3,(H,22,24). The van der Waals surface area contributed by atoms with Crippen LogP contribution in [0.25, 0.3) is 0 Å². The fourth-order valence-corrected chi connectivity index (χ4v) is 3.23. The first-order valence-electron chi connectivity index (χ1n) is 8.06. The van der Waals surface area contributed by atoms with E-state index in [2.05, 4.69) is 10.3 Å². The topological polar surface area (TPSA) is 56.1 Å². The third kappa shape index (κ3) is 4.05. The van der Waals surface area contributed by atoms with Gasteiger partial charge in [-0.2, -0.15) is 0 Å². The third-order valence-corrected chi connectivity index (χ3v) is 4.75. The largest absolute Gasteiger partial charge is 0.493 e.